The van der Waals surface area contributed by atoms with Crippen LogP contribution in [-0.2, 0) is 24.0 Å². The molecule has 4 N–H and O–H groups in total. The number of thiazole rings is 1. The molecule has 260 valence electrons. The number of carboxylic acid groups (broad SMARTS) is 1. The highest BCUT2D eigenvalue weighted by atomic mass is 32.1. The summed E-state index contributed by atoms with van der Waals surface area (Å²) in [4.78, 5) is 73.6. The standard InChI is InChI=1S/C34H44FN5O7S/c1-19-27(48-18-36-19)21-7-5-20(6-8-21)24(16-26(42)39-13-9-22(10-14-39)31(45)46)37-29(43)25-15-23(41)17-40(25)30(44)28(33(2,3)4)38-32(47)34(35)11-12-34/h5-8,18,22-25,28,41H,9-17H2,1-4H3,(H,37,43)(H,38,47)(H,45,46)/t23-,24+,25+,28-/m1/s1. The molecular formula is C34H44FN5O7S. The van der Waals surface area contributed by atoms with Crippen LogP contribution in [-0.4, -0.2) is 98.1 Å². The molecule has 48 heavy (non-hydrogen) atoms. The van der Waals surface area contributed by atoms with E-state index in [0.29, 0.717) is 18.4 Å². The van der Waals surface area contributed by atoms with Gasteiger partial charge in [0.25, 0.3) is 5.91 Å². The van der Waals surface area contributed by atoms with Crippen LogP contribution in [0.15, 0.2) is 29.8 Å². The van der Waals surface area contributed by atoms with E-state index in [1.807, 2.05) is 31.2 Å². The zero-order valence-electron chi connectivity index (χ0n) is 27.7. The number of piperidine rings is 1. The van der Waals surface area contributed by atoms with Gasteiger partial charge in [-0.1, -0.05) is 45.0 Å². The van der Waals surface area contributed by atoms with Gasteiger partial charge in [0.1, 0.15) is 12.1 Å². The van der Waals surface area contributed by atoms with Crippen LogP contribution in [0.3, 0.4) is 0 Å². The summed E-state index contributed by atoms with van der Waals surface area (Å²) in [6, 6.07) is 4.39. The molecule has 2 saturated heterocycles. The number of aliphatic hydroxyl groups excluding tert-OH is 1. The zero-order chi connectivity index (χ0) is 35.0. The van der Waals surface area contributed by atoms with Gasteiger partial charge in [0.2, 0.25) is 17.7 Å². The minimum atomic E-state index is -2.00. The molecule has 4 amide bonds. The molecule has 14 heteroatoms. The second-order valence-corrected chi connectivity index (χ2v) is 15.1. The lowest BCUT2D eigenvalue weighted by atomic mass is 9.85. The summed E-state index contributed by atoms with van der Waals surface area (Å²) in [7, 11) is 0. The lowest BCUT2D eigenvalue weighted by Crippen LogP contribution is -2.59. The zero-order valence-corrected chi connectivity index (χ0v) is 28.5. The van der Waals surface area contributed by atoms with Gasteiger partial charge in [-0.3, -0.25) is 24.0 Å². The minimum absolute atomic E-state index is 0.0532. The van der Waals surface area contributed by atoms with Crippen LogP contribution in [0.25, 0.3) is 10.4 Å². The van der Waals surface area contributed by atoms with Crippen LogP contribution >= 0.6 is 11.3 Å². The number of amides is 4. The largest absolute Gasteiger partial charge is 0.481 e. The van der Waals surface area contributed by atoms with Crippen LogP contribution < -0.4 is 10.6 Å². The van der Waals surface area contributed by atoms with E-state index in [1.54, 1.807) is 31.2 Å². The number of β-amino-alcohol motifs (C(OH)–C–C–N with tert-alkyl or cyclic N) is 1. The second kappa shape index (κ2) is 13.9. The summed E-state index contributed by atoms with van der Waals surface area (Å²) < 4.78 is 14.6. The van der Waals surface area contributed by atoms with Gasteiger partial charge in [-0.25, -0.2) is 9.37 Å². The smallest absolute Gasteiger partial charge is 0.306 e. The topological polar surface area (TPSA) is 169 Å². The molecule has 0 bridgehead atoms. The third kappa shape index (κ3) is 7.86. The molecule has 2 aromatic rings. The number of benzene rings is 1. The first kappa shape index (κ1) is 35.4. The number of nitrogens with one attached hydrogen (secondary N) is 2. The van der Waals surface area contributed by atoms with E-state index < -0.39 is 64.9 Å². The number of rotatable bonds is 10. The fourth-order valence-corrected chi connectivity index (χ4v) is 7.17. The number of carbonyl (C=O) groups is 5. The predicted octanol–water partition coefficient (Wildman–Crippen LogP) is 2.98. The number of carboxylic acids is 1. The number of aryl methyl sites for hydroxylation is 1. The molecule has 3 heterocycles. The van der Waals surface area contributed by atoms with Crippen LogP contribution in [0.4, 0.5) is 4.39 Å². The highest BCUT2D eigenvalue weighted by molar-refractivity contribution is 7.13. The summed E-state index contributed by atoms with van der Waals surface area (Å²) in [5.74, 6) is -3.68. The molecule has 3 fully saturated rings. The molecule has 1 aromatic heterocycles. The molecule has 1 saturated carbocycles. The molecule has 5 rings (SSSR count). The first-order chi connectivity index (χ1) is 22.6. The van der Waals surface area contributed by atoms with Crippen molar-refractivity contribution in [2.24, 2.45) is 11.3 Å². The molecule has 3 aliphatic rings. The molecule has 0 radical (unpaired) electrons. The summed E-state index contributed by atoms with van der Waals surface area (Å²) in [6.45, 7) is 7.53. The van der Waals surface area contributed by atoms with E-state index in [-0.39, 0.29) is 51.2 Å². The Labute approximate surface area is 283 Å². The normalized spacial score (nSPS) is 22.1. The van der Waals surface area contributed by atoms with Gasteiger partial charge in [0, 0.05) is 26.1 Å². The Morgan fingerprint density at radius 3 is 2.27 bits per heavy atom. The van der Waals surface area contributed by atoms with Gasteiger partial charge in [-0.2, -0.15) is 0 Å². The first-order valence-electron chi connectivity index (χ1n) is 16.4. The summed E-state index contributed by atoms with van der Waals surface area (Å²) >= 11 is 1.50. The Balaban J connectivity index is 1.36. The van der Waals surface area contributed by atoms with Gasteiger partial charge < -0.3 is 30.6 Å². The van der Waals surface area contributed by atoms with Gasteiger partial charge in [0.05, 0.1) is 40.6 Å². The number of nitrogens with zero attached hydrogens (tertiary/aromatic N) is 3. The van der Waals surface area contributed by atoms with Gasteiger partial charge in [-0.15, -0.1) is 11.3 Å². The fraction of sp³-hybridized carbons (Fsp3) is 0.588. The number of hydrogen-bond acceptors (Lipinski definition) is 8. The lowest BCUT2D eigenvalue weighted by molar-refractivity contribution is -0.146. The van der Waals surface area contributed by atoms with Gasteiger partial charge in [-0.05, 0) is 49.1 Å². The number of alkyl halides is 1. The van der Waals surface area contributed by atoms with Gasteiger partial charge >= 0.3 is 5.97 Å². The second-order valence-electron chi connectivity index (χ2n) is 14.3. The number of carbonyl (C=O) groups excluding carboxylic acids is 4. The molecule has 12 nitrogen and oxygen atoms in total. The number of aromatic nitrogens is 1. The maximum atomic E-state index is 14.6. The average Bonchev–Trinajstić information content (AvgIpc) is 3.45. The van der Waals surface area contributed by atoms with Crippen LogP contribution in [0.5, 0.6) is 0 Å². The Morgan fingerprint density at radius 2 is 1.73 bits per heavy atom. The predicted molar refractivity (Wildman–Crippen MR) is 175 cm³/mol. The molecule has 0 unspecified atom stereocenters. The van der Waals surface area contributed by atoms with Crippen molar-refractivity contribution in [2.75, 3.05) is 19.6 Å². The average molecular weight is 686 g/mol. The van der Waals surface area contributed by atoms with Crippen molar-refractivity contribution < 1.29 is 38.6 Å². The number of hydrogen-bond donors (Lipinski definition) is 4. The molecule has 0 spiro atoms. The molecular weight excluding hydrogens is 641 g/mol. The Hall–Kier alpha value is -3.91. The Kier molecular flexibility index (Phi) is 10.3. The monoisotopic (exact) mass is 685 g/mol. The minimum Gasteiger partial charge on any atom is -0.481 e. The number of halogens is 1. The summed E-state index contributed by atoms with van der Waals surface area (Å²) in [5, 5.41) is 25.5. The molecule has 2 aliphatic heterocycles. The van der Waals surface area contributed by atoms with Crippen LogP contribution in [0.2, 0.25) is 0 Å². The molecule has 1 aliphatic carbocycles. The number of aliphatic hydroxyl groups is 1. The summed E-state index contributed by atoms with van der Waals surface area (Å²) in [6.07, 6.45) is -0.318. The lowest BCUT2D eigenvalue weighted by Gasteiger charge is -2.36. The van der Waals surface area contributed by atoms with Crippen molar-refractivity contribution in [2.45, 2.75) is 96.1 Å². The number of likely N-dealkylation sites (tertiary alicyclic amines) is 2. The van der Waals surface area contributed by atoms with E-state index in [9.17, 15) is 38.6 Å². The highest BCUT2D eigenvalue weighted by Crippen LogP contribution is 2.40. The van der Waals surface area contributed by atoms with E-state index in [0.717, 1.165) is 16.1 Å². The van der Waals surface area contributed by atoms with E-state index in [2.05, 4.69) is 15.6 Å². The summed E-state index contributed by atoms with van der Waals surface area (Å²) in [5.41, 5.74) is 1.39. The van der Waals surface area contributed by atoms with Crippen molar-refractivity contribution in [1.29, 1.82) is 0 Å². The third-order valence-electron chi connectivity index (χ3n) is 9.56. The van der Waals surface area contributed by atoms with Crippen molar-refractivity contribution in [3.63, 3.8) is 0 Å². The van der Waals surface area contributed by atoms with Crippen molar-refractivity contribution >= 4 is 40.9 Å². The number of aliphatic carboxylic acids is 1. The quantitative estimate of drug-likeness (QED) is 0.296. The first-order valence-corrected chi connectivity index (χ1v) is 17.2. The highest BCUT2D eigenvalue weighted by Gasteiger charge is 2.53. The third-order valence-corrected chi connectivity index (χ3v) is 10.5. The van der Waals surface area contributed by atoms with E-state index in [1.165, 1.54) is 16.2 Å². The molecule has 4 atom stereocenters. The fourth-order valence-electron chi connectivity index (χ4n) is 6.36. The van der Waals surface area contributed by atoms with Crippen molar-refractivity contribution in [1.82, 2.24) is 25.4 Å². The maximum Gasteiger partial charge on any atom is 0.306 e. The van der Waals surface area contributed by atoms with Crippen molar-refractivity contribution in [3.05, 3.63) is 41.0 Å². The SMILES string of the molecule is Cc1ncsc1-c1ccc([C@H](CC(=O)N2CCC(C(=O)O)CC2)NC(=O)[C@@H]2C[C@@H](O)CN2C(=O)[C@@H](NC(=O)C2(F)CC2)C(C)(C)C)cc1. The Morgan fingerprint density at radius 1 is 1.08 bits per heavy atom. The van der Waals surface area contributed by atoms with E-state index >= 15 is 0 Å². The maximum absolute atomic E-state index is 14.6. The van der Waals surface area contributed by atoms with Crippen LogP contribution in [0.1, 0.15) is 76.6 Å². The van der Waals surface area contributed by atoms with Crippen molar-refractivity contribution in [3.8, 4) is 10.4 Å². The molecule has 1 aromatic carbocycles. The van der Waals surface area contributed by atoms with E-state index in [4.69, 9.17) is 0 Å². The van der Waals surface area contributed by atoms with Crippen LogP contribution in [0, 0.1) is 18.3 Å². The Bertz CT molecular complexity index is 1550. The van der Waals surface area contributed by atoms with Gasteiger partial charge in [0.15, 0.2) is 5.67 Å².